The van der Waals surface area contributed by atoms with E-state index in [4.69, 9.17) is 0 Å². The Balaban J connectivity index is 1.71. The van der Waals surface area contributed by atoms with Crippen molar-refractivity contribution in [2.45, 2.75) is 13.3 Å². The molecule has 2 heterocycles. The van der Waals surface area contributed by atoms with Crippen molar-refractivity contribution in [1.29, 1.82) is 0 Å². The van der Waals surface area contributed by atoms with E-state index in [1.54, 1.807) is 4.90 Å². The van der Waals surface area contributed by atoms with Gasteiger partial charge in [-0.05, 0) is 25.4 Å². The number of carbonyl (C=O) groups is 1. The summed E-state index contributed by atoms with van der Waals surface area (Å²) in [6.45, 7) is 7.80. The quantitative estimate of drug-likeness (QED) is 0.766. The Labute approximate surface area is 127 Å². The summed E-state index contributed by atoms with van der Waals surface area (Å²) in [7, 11) is -3.14. The topological polar surface area (TPSA) is 73.0 Å². The number of nitrogens with one attached hydrogen (secondary N) is 1. The van der Waals surface area contributed by atoms with Gasteiger partial charge in [-0.15, -0.1) is 0 Å². The molecule has 0 spiro atoms. The predicted molar refractivity (Wildman–Crippen MR) is 81.6 cm³/mol. The molecule has 2 saturated heterocycles. The van der Waals surface area contributed by atoms with Crippen LogP contribution >= 0.6 is 0 Å². The van der Waals surface area contributed by atoms with Gasteiger partial charge in [-0.25, -0.2) is 13.2 Å². The summed E-state index contributed by atoms with van der Waals surface area (Å²) in [5.41, 5.74) is 0. The number of urea groups is 1. The molecule has 1 N–H and O–H groups in total. The second-order valence-electron chi connectivity index (χ2n) is 5.88. The molecule has 0 unspecified atom stereocenters. The molecule has 21 heavy (non-hydrogen) atoms. The van der Waals surface area contributed by atoms with Gasteiger partial charge in [0.2, 0.25) is 10.0 Å². The maximum Gasteiger partial charge on any atom is 0.317 e. The SMILES string of the molecule is CCN1CC[C@@H](CNC(=O)N2CCN(S(C)(=O)=O)CC2)C1. The molecule has 122 valence electrons. The zero-order chi connectivity index (χ0) is 15.5. The molecule has 7 nitrogen and oxygen atoms in total. The molecule has 2 fully saturated rings. The third-order valence-electron chi connectivity index (χ3n) is 4.35. The first kappa shape index (κ1) is 16.5. The van der Waals surface area contributed by atoms with Gasteiger partial charge < -0.3 is 15.1 Å². The van der Waals surface area contributed by atoms with Crippen molar-refractivity contribution in [3.8, 4) is 0 Å². The summed E-state index contributed by atoms with van der Waals surface area (Å²) in [6.07, 6.45) is 2.35. The smallest absolute Gasteiger partial charge is 0.317 e. The molecule has 8 heteroatoms. The second-order valence-corrected chi connectivity index (χ2v) is 7.87. The van der Waals surface area contributed by atoms with Crippen LogP contribution in [0.25, 0.3) is 0 Å². The lowest BCUT2D eigenvalue weighted by Gasteiger charge is -2.33. The van der Waals surface area contributed by atoms with Crippen molar-refractivity contribution in [1.82, 2.24) is 19.4 Å². The van der Waals surface area contributed by atoms with Crippen LogP contribution in [-0.4, -0.2) is 87.2 Å². The normalized spacial score (nSPS) is 25.2. The van der Waals surface area contributed by atoms with Crippen molar-refractivity contribution in [3.63, 3.8) is 0 Å². The number of nitrogens with zero attached hydrogens (tertiary/aromatic N) is 3. The van der Waals surface area contributed by atoms with Gasteiger partial charge in [0.25, 0.3) is 0 Å². The summed E-state index contributed by atoms with van der Waals surface area (Å²) >= 11 is 0. The van der Waals surface area contributed by atoms with Gasteiger partial charge in [0.05, 0.1) is 6.26 Å². The summed E-state index contributed by atoms with van der Waals surface area (Å²) < 4.78 is 24.3. The van der Waals surface area contributed by atoms with E-state index in [-0.39, 0.29) is 6.03 Å². The van der Waals surface area contributed by atoms with Crippen LogP contribution in [0.1, 0.15) is 13.3 Å². The Hall–Kier alpha value is -0.860. The zero-order valence-electron chi connectivity index (χ0n) is 12.9. The molecule has 2 rings (SSSR count). The van der Waals surface area contributed by atoms with E-state index in [1.165, 1.54) is 10.6 Å². The first-order chi connectivity index (χ1) is 9.90. The van der Waals surface area contributed by atoms with Crippen LogP contribution in [0.2, 0.25) is 0 Å². The van der Waals surface area contributed by atoms with Crippen LogP contribution in [0, 0.1) is 5.92 Å². The van der Waals surface area contributed by atoms with Crippen LogP contribution in [0.5, 0.6) is 0 Å². The predicted octanol–water partition coefficient (Wildman–Crippen LogP) is -0.385. The number of rotatable bonds is 4. The number of amides is 2. The van der Waals surface area contributed by atoms with Crippen LogP contribution in [0.15, 0.2) is 0 Å². The van der Waals surface area contributed by atoms with Crippen molar-refractivity contribution >= 4 is 16.1 Å². The van der Waals surface area contributed by atoms with E-state index in [9.17, 15) is 13.2 Å². The van der Waals surface area contributed by atoms with Crippen molar-refractivity contribution in [3.05, 3.63) is 0 Å². The highest BCUT2D eigenvalue weighted by molar-refractivity contribution is 7.88. The Morgan fingerprint density at radius 2 is 1.86 bits per heavy atom. The monoisotopic (exact) mass is 318 g/mol. The third-order valence-corrected chi connectivity index (χ3v) is 5.66. The van der Waals surface area contributed by atoms with E-state index < -0.39 is 10.0 Å². The lowest BCUT2D eigenvalue weighted by Crippen LogP contribution is -2.53. The zero-order valence-corrected chi connectivity index (χ0v) is 13.7. The first-order valence-corrected chi connectivity index (χ1v) is 9.45. The van der Waals surface area contributed by atoms with Crippen LogP contribution in [0.4, 0.5) is 4.79 Å². The van der Waals surface area contributed by atoms with Crippen molar-refractivity contribution < 1.29 is 13.2 Å². The average Bonchev–Trinajstić information content (AvgIpc) is 2.92. The maximum atomic E-state index is 12.1. The maximum absolute atomic E-state index is 12.1. The molecule has 2 aliphatic rings. The molecule has 0 aromatic heterocycles. The minimum Gasteiger partial charge on any atom is -0.338 e. The average molecular weight is 318 g/mol. The second kappa shape index (κ2) is 6.93. The van der Waals surface area contributed by atoms with Gasteiger partial charge in [0, 0.05) is 39.3 Å². The number of hydrogen-bond donors (Lipinski definition) is 1. The summed E-state index contributed by atoms with van der Waals surface area (Å²) in [5.74, 6) is 0.534. The molecular weight excluding hydrogens is 292 g/mol. The van der Waals surface area contributed by atoms with Gasteiger partial charge in [-0.2, -0.15) is 4.31 Å². The van der Waals surface area contributed by atoms with Gasteiger partial charge in [0.1, 0.15) is 0 Å². The van der Waals surface area contributed by atoms with Gasteiger partial charge in [-0.1, -0.05) is 6.92 Å². The molecule has 0 bridgehead atoms. The molecule has 2 aliphatic heterocycles. The van der Waals surface area contributed by atoms with Gasteiger partial charge in [0.15, 0.2) is 0 Å². The minimum atomic E-state index is -3.14. The standard InChI is InChI=1S/C13H26N4O3S/c1-3-15-5-4-12(11-15)10-14-13(18)16-6-8-17(9-7-16)21(2,19)20/h12H,3-11H2,1-2H3,(H,14,18)/t12-/m0/s1. The lowest BCUT2D eigenvalue weighted by atomic mass is 10.1. The Kier molecular flexibility index (Phi) is 5.45. The molecular formula is C13H26N4O3S. The Morgan fingerprint density at radius 1 is 1.19 bits per heavy atom. The minimum absolute atomic E-state index is 0.0712. The largest absolute Gasteiger partial charge is 0.338 e. The van der Waals surface area contributed by atoms with Crippen molar-refractivity contribution in [2.24, 2.45) is 5.92 Å². The summed E-state index contributed by atoms with van der Waals surface area (Å²) in [5, 5.41) is 2.98. The first-order valence-electron chi connectivity index (χ1n) is 7.60. The van der Waals surface area contributed by atoms with E-state index in [0.29, 0.717) is 38.6 Å². The lowest BCUT2D eigenvalue weighted by molar-refractivity contribution is 0.171. The highest BCUT2D eigenvalue weighted by atomic mass is 32.2. The fraction of sp³-hybridized carbons (Fsp3) is 0.923. The van der Waals surface area contributed by atoms with Gasteiger partial charge in [-0.3, -0.25) is 0 Å². The molecule has 0 radical (unpaired) electrons. The molecule has 0 saturated carbocycles. The highest BCUT2D eigenvalue weighted by Gasteiger charge is 2.27. The third kappa shape index (κ3) is 4.55. The fourth-order valence-electron chi connectivity index (χ4n) is 2.93. The summed E-state index contributed by atoms with van der Waals surface area (Å²) in [6, 6.07) is -0.0712. The van der Waals surface area contributed by atoms with E-state index in [1.807, 2.05) is 0 Å². The number of carbonyl (C=O) groups excluding carboxylic acids is 1. The molecule has 1 atom stereocenters. The molecule has 0 aromatic carbocycles. The van der Waals surface area contributed by atoms with Crippen LogP contribution < -0.4 is 5.32 Å². The van der Waals surface area contributed by atoms with E-state index in [2.05, 4.69) is 17.1 Å². The molecule has 2 amide bonds. The summed E-state index contributed by atoms with van der Waals surface area (Å²) in [4.78, 5) is 16.2. The number of sulfonamides is 1. The van der Waals surface area contributed by atoms with Gasteiger partial charge >= 0.3 is 6.03 Å². The van der Waals surface area contributed by atoms with E-state index in [0.717, 1.165) is 26.1 Å². The highest BCUT2D eigenvalue weighted by Crippen LogP contribution is 2.14. The van der Waals surface area contributed by atoms with E-state index >= 15 is 0 Å². The number of likely N-dealkylation sites (tertiary alicyclic amines) is 1. The molecule has 0 aromatic rings. The number of hydrogen-bond acceptors (Lipinski definition) is 4. The van der Waals surface area contributed by atoms with Crippen molar-refractivity contribution in [2.75, 3.05) is 58.6 Å². The molecule has 0 aliphatic carbocycles. The Morgan fingerprint density at radius 3 is 2.38 bits per heavy atom. The van der Waals surface area contributed by atoms with Crippen LogP contribution in [0.3, 0.4) is 0 Å². The van der Waals surface area contributed by atoms with Crippen LogP contribution in [-0.2, 0) is 10.0 Å². The fourth-order valence-corrected chi connectivity index (χ4v) is 3.76. The Bertz CT molecular complexity index is 460. The number of piperazine rings is 1.